The van der Waals surface area contributed by atoms with Crippen LogP contribution in [0.25, 0.3) is 17.1 Å². The maximum atomic E-state index is 4.38. The van der Waals surface area contributed by atoms with Crippen LogP contribution in [0.15, 0.2) is 61.2 Å². The van der Waals surface area contributed by atoms with Gasteiger partial charge in [-0.3, -0.25) is 9.97 Å². The minimum absolute atomic E-state index is 0.863. The Morgan fingerprint density at radius 2 is 1.76 bits per heavy atom. The number of hydrogen-bond donors (Lipinski definition) is 0. The van der Waals surface area contributed by atoms with Gasteiger partial charge in [0.2, 0.25) is 0 Å². The Balaban J connectivity index is 1.96. The Hall–Kier alpha value is -2.49. The van der Waals surface area contributed by atoms with Crippen LogP contribution in [0.3, 0.4) is 0 Å². The first-order valence-corrected chi connectivity index (χ1v) is 5.31. The van der Waals surface area contributed by atoms with E-state index < -0.39 is 0 Å². The van der Waals surface area contributed by atoms with E-state index in [2.05, 4.69) is 15.1 Å². The van der Waals surface area contributed by atoms with Crippen LogP contribution in [-0.4, -0.2) is 19.7 Å². The van der Waals surface area contributed by atoms with Gasteiger partial charge in [-0.05, 0) is 30.3 Å². The number of pyridine rings is 2. The third-order valence-corrected chi connectivity index (χ3v) is 2.44. The lowest BCUT2D eigenvalue weighted by atomic mass is 10.2. The number of rotatable bonds is 2. The van der Waals surface area contributed by atoms with Gasteiger partial charge in [0.25, 0.3) is 0 Å². The van der Waals surface area contributed by atoms with E-state index in [0.29, 0.717) is 0 Å². The summed E-state index contributed by atoms with van der Waals surface area (Å²) in [5, 5.41) is 4.15. The Bertz CT molecular complexity index is 585. The molecule has 0 amide bonds. The topological polar surface area (TPSA) is 43.6 Å². The van der Waals surface area contributed by atoms with E-state index in [-0.39, 0.29) is 0 Å². The van der Waals surface area contributed by atoms with E-state index in [4.69, 9.17) is 0 Å². The molecule has 17 heavy (non-hydrogen) atoms. The summed E-state index contributed by atoms with van der Waals surface area (Å²) >= 11 is 0. The quantitative estimate of drug-likeness (QED) is 0.668. The Morgan fingerprint density at radius 1 is 0.824 bits per heavy atom. The summed E-state index contributed by atoms with van der Waals surface area (Å²) in [6, 6.07) is 11.6. The molecular weight excluding hydrogens is 212 g/mol. The smallest absolute Gasteiger partial charge is 0.0887 e. The zero-order chi connectivity index (χ0) is 11.5. The highest BCUT2D eigenvalue weighted by Gasteiger charge is 2.01. The molecule has 0 aliphatic carbocycles. The largest absolute Gasteiger partial charge is 0.255 e. The molecule has 3 rings (SSSR count). The highest BCUT2D eigenvalue weighted by molar-refractivity contribution is 5.54. The Kier molecular flexibility index (Phi) is 2.38. The molecule has 0 aliphatic rings. The molecule has 0 radical (unpaired) electrons. The van der Waals surface area contributed by atoms with Crippen molar-refractivity contribution in [3.8, 4) is 17.1 Å². The zero-order valence-corrected chi connectivity index (χ0v) is 9.06. The Labute approximate surface area is 98.6 Å². The van der Waals surface area contributed by atoms with E-state index in [1.54, 1.807) is 23.3 Å². The molecular formula is C13H10N4. The predicted octanol–water partition coefficient (Wildman–Crippen LogP) is 2.33. The van der Waals surface area contributed by atoms with Crippen LogP contribution in [0.1, 0.15) is 0 Å². The van der Waals surface area contributed by atoms with Gasteiger partial charge in [0, 0.05) is 18.6 Å². The van der Waals surface area contributed by atoms with Gasteiger partial charge in [0.05, 0.1) is 23.3 Å². The molecule has 0 atom stereocenters. The molecule has 0 fully saturated rings. The average Bonchev–Trinajstić information content (AvgIpc) is 2.94. The first-order valence-electron chi connectivity index (χ1n) is 5.31. The van der Waals surface area contributed by atoms with Crippen molar-refractivity contribution in [1.29, 1.82) is 0 Å². The van der Waals surface area contributed by atoms with Crippen LogP contribution in [0.4, 0.5) is 0 Å². The summed E-state index contributed by atoms with van der Waals surface area (Å²) < 4.78 is 1.77. The molecule has 0 saturated heterocycles. The lowest BCUT2D eigenvalue weighted by Crippen LogP contribution is -1.95. The molecule has 3 heterocycles. The summed E-state index contributed by atoms with van der Waals surface area (Å²) in [4.78, 5) is 8.64. The van der Waals surface area contributed by atoms with Gasteiger partial charge in [-0.1, -0.05) is 6.07 Å². The SMILES string of the molecule is c1ccc(-c2ccc(-n3cccn3)cn2)nc1. The summed E-state index contributed by atoms with van der Waals surface area (Å²) in [5.41, 5.74) is 2.68. The van der Waals surface area contributed by atoms with Crippen LogP contribution >= 0.6 is 0 Å². The minimum Gasteiger partial charge on any atom is -0.255 e. The highest BCUT2D eigenvalue weighted by Crippen LogP contribution is 2.14. The van der Waals surface area contributed by atoms with Crippen LogP contribution in [0.2, 0.25) is 0 Å². The van der Waals surface area contributed by atoms with Crippen LogP contribution in [0, 0.1) is 0 Å². The van der Waals surface area contributed by atoms with E-state index in [1.165, 1.54) is 0 Å². The van der Waals surface area contributed by atoms with E-state index in [9.17, 15) is 0 Å². The molecule has 4 heteroatoms. The second-order valence-corrected chi connectivity index (χ2v) is 3.57. The molecule has 3 aromatic rings. The number of aromatic nitrogens is 4. The van der Waals surface area contributed by atoms with Gasteiger partial charge < -0.3 is 0 Å². The van der Waals surface area contributed by atoms with Gasteiger partial charge in [-0.15, -0.1) is 0 Å². The molecule has 0 unspecified atom stereocenters. The third kappa shape index (κ3) is 1.92. The summed E-state index contributed by atoms with van der Waals surface area (Å²) in [7, 11) is 0. The molecule has 0 bridgehead atoms. The molecule has 0 saturated carbocycles. The van der Waals surface area contributed by atoms with Crippen LogP contribution in [-0.2, 0) is 0 Å². The van der Waals surface area contributed by atoms with Crippen LogP contribution < -0.4 is 0 Å². The molecule has 0 spiro atoms. The molecule has 0 aromatic carbocycles. The number of hydrogen-bond acceptors (Lipinski definition) is 3. The molecule has 82 valence electrons. The Morgan fingerprint density at radius 3 is 2.41 bits per heavy atom. The fourth-order valence-corrected chi connectivity index (χ4v) is 1.61. The van der Waals surface area contributed by atoms with E-state index in [1.807, 2.05) is 42.6 Å². The van der Waals surface area contributed by atoms with Crippen LogP contribution in [0.5, 0.6) is 0 Å². The molecule has 0 aliphatic heterocycles. The number of nitrogens with zero attached hydrogens (tertiary/aromatic N) is 4. The maximum absolute atomic E-state index is 4.38. The fourth-order valence-electron chi connectivity index (χ4n) is 1.61. The zero-order valence-electron chi connectivity index (χ0n) is 9.06. The summed E-state index contributed by atoms with van der Waals surface area (Å²) in [5.74, 6) is 0. The molecule has 4 nitrogen and oxygen atoms in total. The monoisotopic (exact) mass is 222 g/mol. The van der Waals surface area contributed by atoms with Gasteiger partial charge in [-0.2, -0.15) is 5.10 Å². The lowest BCUT2D eigenvalue weighted by Gasteiger charge is -2.02. The fraction of sp³-hybridized carbons (Fsp3) is 0. The highest BCUT2D eigenvalue weighted by atomic mass is 15.3. The van der Waals surface area contributed by atoms with E-state index in [0.717, 1.165) is 17.1 Å². The van der Waals surface area contributed by atoms with Crippen molar-refractivity contribution in [2.75, 3.05) is 0 Å². The average molecular weight is 222 g/mol. The van der Waals surface area contributed by atoms with Crippen molar-refractivity contribution in [3.05, 3.63) is 61.2 Å². The molecule has 0 N–H and O–H groups in total. The first kappa shape index (κ1) is 9.72. The second kappa shape index (κ2) is 4.17. The summed E-state index contributed by atoms with van der Waals surface area (Å²) in [6.45, 7) is 0. The molecule has 3 aromatic heterocycles. The van der Waals surface area contributed by atoms with Crippen molar-refractivity contribution < 1.29 is 0 Å². The van der Waals surface area contributed by atoms with E-state index >= 15 is 0 Å². The second-order valence-electron chi connectivity index (χ2n) is 3.57. The third-order valence-electron chi connectivity index (χ3n) is 2.44. The standard InChI is InChI=1S/C13H10N4/c1-2-7-14-12(4-1)13-6-5-11(10-15-13)17-9-3-8-16-17/h1-10H. The lowest BCUT2D eigenvalue weighted by molar-refractivity contribution is 0.874. The predicted molar refractivity (Wildman–Crippen MR) is 64.6 cm³/mol. The first-order chi connectivity index (χ1) is 8.43. The normalized spacial score (nSPS) is 10.4. The van der Waals surface area contributed by atoms with Crippen molar-refractivity contribution in [2.24, 2.45) is 0 Å². The van der Waals surface area contributed by atoms with Crippen molar-refractivity contribution in [1.82, 2.24) is 19.7 Å². The van der Waals surface area contributed by atoms with Crippen molar-refractivity contribution >= 4 is 0 Å². The van der Waals surface area contributed by atoms with Gasteiger partial charge in [0.1, 0.15) is 0 Å². The van der Waals surface area contributed by atoms with Crippen molar-refractivity contribution in [2.45, 2.75) is 0 Å². The summed E-state index contributed by atoms with van der Waals surface area (Å²) in [6.07, 6.45) is 7.18. The minimum atomic E-state index is 0.863. The van der Waals surface area contributed by atoms with Gasteiger partial charge in [-0.25, -0.2) is 4.68 Å². The van der Waals surface area contributed by atoms with Crippen molar-refractivity contribution in [3.63, 3.8) is 0 Å². The van der Waals surface area contributed by atoms with Gasteiger partial charge >= 0.3 is 0 Å². The van der Waals surface area contributed by atoms with Gasteiger partial charge in [0.15, 0.2) is 0 Å². The maximum Gasteiger partial charge on any atom is 0.0887 e.